The fourth-order valence-electron chi connectivity index (χ4n) is 3.15. The highest BCUT2D eigenvalue weighted by atomic mass is 16.3. The summed E-state index contributed by atoms with van der Waals surface area (Å²) in [6.45, 7) is 4.51. The van der Waals surface area contributed by atoms with Crippen LogP contribution in [0.25, 0.3) is 0 Å². The van der Waals surface area contributed by atoms with Gasteiger partial charge in [0.15, 0.2) is 0 Å². The quantitative estimate of drug-likeness (QED) is 0.834. The summed E-state index contributed by atoms with van der Waals surface area (Å²) in [4.78, 5) is 0. The van der Waals surface area contributed by atoms with Crippen molar-refractivity contribution in [1.29, 1.82) is 0 Å². The Balaban J connectivity index is 2.49. The minimum atomic E-state index is 0.0634. The smallest absolute Gasteiger partial charge is 0.121 e. The molecule has 1 heterocycles. The summed E-state index contributed by atoms with van der Waals surface area (Å²) in [5, 5.41) is 3.45. The third kappa shape index (κ3) is 2.45. The lowest BCUT2D eigenvalue weighted by atomic mass is 9.69. The Hall–Kier alpha value is -1.54. The molecule has 1 aromatic carbocycles. The van der Waals surface area contributed by atoms with Crippen LogP contribution < -0.4 is 5.32 Å². The van der Waals surface area contributed by atoms with Crippen LogP contribution in [0.3, 0.4) is 0 Å². The van der Waals surface area contributed by atoms with E-state index in [4.69, 9.17) is 4.42 Å². The van der Waals surface area contributed by atoms with Gasteiger partial charge in [0.25, 0.3) is 0 Å². The highest BCUT2D eigenvalue weighted by Gasteiger charge is 2.38. The molecule has 2 nitrogen and oxygen atoms in total. The zero-order valence-electron chi connectivity index (χ0n) is 12.0. The van der Waals surface area contributed by atoms with Crippen molar-refractivity contribution in [2.75, 3.05) is 7.05 Å². The van der Waals surface area contributed by atoms with Gasteiger partial charge in [-0.25, -0.2) is 0 Å². The average molecular weight is 257 g/mol. The van der Waals surface area contributed by atoms with Gasteiger partial charge in [0.1, 0.15) is 5.76 Å². The Morgan fingerprint density at radius 1 is 1.05 bits per heavy atom. The predicted molar refractivity (Wildman–Crippen MR) is 79.2 cm³/mol. The normalized spacial score (nSPS) is 13.4. The molecule has 19 heavy (non-hydrogen) atoms. The summed E-state index contributed by atoms with van der Waals surface area (Å²) in [6.07, 6.45) is 3.89. The fourth-order valence-corrected chi connectivity index (χ4v) is 3.15. The minimum Gasteiger partial charge on any atom is -0.468 e. The highest BCUT2D eigenvalue weighted by Crippen LogP contribution is 2.42. The first-order valence-corrected chi connectivity index (χ1v) is 7.04. The number of hydrogen-bond donors (Lipinski definition) is 1. The van der Waals surface area contributed by atoms with Gasteiger partial charge in [-0.15, -0.1) is 0 Å². The Morgan fingerprint density at radius 2 is 1.74 bits per heavy atom. The molecule has 0 amide bonds. The van der Waals surface area contributed by atoms with E-state index >= 15 is 0 Å². The van der Waals surface area contributed by atoms with Crippen molar-refractivity contribution in [1.82, 2.24) is 5.32 Å². The van der Waals surface area contributed by atoms with Crippen molar-refractivity contribution in [3.05, 3.63) is 60.1 Å². The van der Waals surface area contributed by atoms with Crippen LogP contribution in [-0.2, 0) is 5.41 Å². The lowest BCUT2D eigenvalue weighted by Crippen LogP contribution is -2.39. The number of rotatable bonds is 6. The second-order valence-electron chi connectivity index (χ2n) is 4.97. The number of furan rings is 1. The fraction of sp³-hybridized carbons (Fsp3) is 0.412. The molecule has 0 fully saturated rings. The van der Waals surface area contributed by atoms with Gasteiger partial charge in [-0.2, -0.15) is 0 Å². The van der Waals surface area contributed by atoms with Gasteiger partial charge in [-0.1, -0.05) is 44.2 Å². The van der Waals surface area contributed by atoms with Gasteiger partial charge >= 0.3 is 0 Å². The SMILES string of the molecule is CCC(CC)(c1ccccc1)C(NC)c1ccco1. The molecule has 0 saturated heterocycles. The monoisotopic (exact) mass is 257 g/mol. The molecule has 2 heteroatoms. The summed E-state index contributed by atoms with van der Waals surface area (Å²) in [7, 11) is 2.01. The molecule has 0 saturated carbocycles. The molecule has 0 spiro atoms. The molecule has 102 valence electrons. The lowest BCUT2D eigenvalue weighted by Gasteiger charge is -2.39. The molecule has 2 rings (SSSR count). The van der Waals surface area contributed by atoms with E-state index in [1.54, 1.807) is 6.26 Å². The van der Waals surface area contributed by atoms with E-state index in [9.17, 15) is 0 Å². The predicted octanol–water partition coefficient (Wildman–Crippen LogP) is 4.30. The summed E-state index contributed by atoms with van der Waals surface area (Å²) in [5.74, 6) is 1.01. The third-order valence-corrected chi connectivity index (χ3v) is 4.28. The summed E-state index contributed by atoms with van der Waals surface area (Å²) >= 11 is 0. The Labute approximate surface area is 115 Å². The third-order valence-electron chi connectivity index (χ3n) is 4.28. The molecule has 0 aliphatic carbocycles. The van der Waals surface area contributed by atoms with Crippen LogP contribution in [0.2, 0.25) is 0 Å². The van der Waals surface area contributed by atoms with Crippen LogP contribution in [0.5, 0.6) is 0 Å². The molecule has 0 bridgehead atoms. The van der Waals surface area contributed by atoms with E-state index < -0.39 is 0 Å². The first kappa shape index (κ1) is 13.9. The Kier molecular flexibility index (Phi) is 4.43. The van der Waals surface area contributed by atoms with E-state index in [-0.39, 0.29) is 11.5 Å². The molecule has 0 aliphatic rings. The molecule has 0 aliphatic heterocycles. The van der Waals surface area contributed by atoms with Crippen molar-refractivity contribution < 1.29 is 4.42 Å². The van der Waals surface area contributed by atoms with E-state index in [0.29, 0.717) is 0 Å². The van der Waals surface area contributed by atoms with E-state index in [1.807, 2.05) is 13.1 Å². The molecule has 1 N–H and O–H groups in total. The lowest BCUT2D eigenvalue weighted by molar-refractivity contribution is 0.252. The van der Waals surface area contributed by atoms with Crippen molar-refractivity contribution in [3.63, 3.8) is 0 Å². The number of benzene rings is 1. The molecular weight excluding hydrogens is 234 g/mol. The number of nitrogens with one attached hydrogen (secondary N) is 1. The van der Waals surface area contributed by atoms with Gasteiger partial charge < -0.3 is 9.73 Å². The van der Waals surface area contributed by atoms with Gasteiger partial charge in [-0.3, -0.25) is 0 Å². The van der Waals surface area contributed by atoms with Gasteiger partial charge in [0, 0.05) is 5.41 Å². The maximum absolute atomic E-state index is 5.66. The standard InChI is InChI=1S/C17H23NO/c1-4-17(5-2,14-10-7-6-8-11-14)16(18-3)15-12-9-13-19-15/h6-13,16,18H,4-5H2,1-3H3. The first-order valence-electron chi connectivity index (χ1n) is 7.04. The van der Waals surface area contributed by atoms with Crippen LogP contribution in [0.15, 0.2) is 53.1 Å². The van der Waals surface area contributed by atoms with Crippen LogP contribution in [0.1, 0.15) is 44.1 Å². The molecule has 2 aromatic rings. The average Bonchev–Trinajstić information content (AvgIpc) is 2.99. The van der Waals surface area contributed by atoms with Gasteiger partial charge in [0.2, 0.25) is 0 Å². The Bertz CT molecular complexity index is 471. The maximum Gasteiger partial charge on any atom is 0.121 e. The van der Waals surface area contributed by atoms with Crippen molar-refractivity contribution >= 4 is 0 Å². The number of hydrogen-bond acceptors (Lipinski definition) is 2. The molecule has 1 unspecified atom stereocenters. The first-order chi connectivity index (χ1) is 9.28. The van der Waals surface area contributed by atoms with Crippen LogP contribution in [-0.4, -0.2) is 7.05 Å². The molecule has 0 radical (unpaired) electrons. The summed E-state index contributed by atoms with van der Waals surface area (Å²) < 4.78 is 5.66. The minimum absolute atomic E-state index is 0.0634. The van der Waals surface area contributed by atoms with E-state index in [1.165, 1.54) is 5.56 Å². The number of likely N-dealkylation sites (N-methyl/N-ethyl adjacent to an activating group) is 1. The van der Waals surface area contributed by atoms with Crippen LogP contribution in [0, 0.1) is 0 Å². The maximum atomic E-state index is 5.66. The zero-order valence-corrected chi connectivity index (χ0v) is 12.0. The molecule has 1 aromatic heterocycles. The topological polar surface area (TPSA) is 25.2 Å². The highest BCUT2D eigenvalue weighted by molar-refractivity contribution is 5.30. The largest absolute Gasteiger partial charge is 0.468 e. The van der Waals surface area contributed by atoms with Crippen molar-refractivity contribution in [2.45, 2.75) is 38.1 Å². The summed E-state index contributed by atoms with van der Waals surface area (Å²) in [5.41, 5.74) is 1.43. The molecule has 1 atom stereocenters. The van der Waals surface area contributed by atoms with E-state index in [2.05, 4.69) is 55.6 Å². The van der Waals surface area contributed by atoms with Crippen molar-refractivity contribution in [2.24, 2.45) is 0 Å². The van der Waals surface area contributed by atoms with Gasteiger partial charge in [-0.05, 0) is 37.6 Å². The Morgan fingerprint density at radius 3 is 2.21 bits per heavy atom. The van der Waals surface area contributed by atoms with E-state index in [0.717, 1.165) is 18.6 Å². The van der Waals surface area contributed by atoms with Crippen LogP contribution in [0.4, 0.5) is 0 Å². The second kappa shape index (κ2) is 6.07. The van der Waals surface area contributed by atoms with Crippen LogP contribution >= 0.6 is 0 Å². The van der Waals surface area contributed by atoms with Crippen molar-refractivity contribution in [3.8, 4) is 0 Å². The molecular formula is C17H23NO. The second-order valence-corrected chi connectivity index (χ2v) is 4.97. The zero-order chi connectivity index (χ0) is 13.7. The summed E-state index contributed by atoms with van der Waals surface area (Å²) in [6, 6.07) is 15.0. The van der Waals surface area contributed by atoms with Gasteiger partial charge in [0.05, 0.1) is 12.3 Å².